The van der Waals surface area contributed by atoms with Gasteiger partial charge in [0.2, 0.25) is 0 Å². The van der Waals surface area contributed by atoms with Gasteiger partial charge in [0.1, 0.15) is 12.6 Å². The Labute approximate surface area is 149 Å². The summed E-state index contributed by atoms with van der Waals surface area (Å²) in [4.78, 5) is 25.4. The molecule has 0 bridgehead atoms. The summed E-state index contributed by atoms with van der Waals surface area (Å²) in [6, 6.07) is 8.97. The number of likely N-dealkylation sites (tertiary alicyclic amines) is 1. The summed E-state index contributed by atoms with van der Waals surface area (Å²) in [5, 5.41) is 12.4. The predicted molar refractivity (Wildman–Crippen MR) is 95.2 cm³/mol. The lowest BCUT2D eigenvalue weighted by Gasteiger charge is -2.26. The fourth-order valence-corrected chi connectivity index (χ4v) is 3.11. The summed E-state index contributed by atoms with van der Waals surface area (Å²) < 4.78 is 5.40. The molecule has 138 valence electrons. The maximum atomic E-state index is 12.3. The molecular weight excluding hydrogens is 320 g/mol. The van der Waals surface area contributed by atoms with Crippen LogP contribution >= 0.6 is 0 Å². The van der Waals surface area contributed by atoms with E-state index in [-0.39, 0.29) is 18.7 Å². The molecule has 6 heteroatoms. The Hall–Kier alpha value is -2.08. The molecule has 1 aromatic carbocycles. The van der Waals surface area contributed by atoms with Crippen molar-refractivity contribution in [1.82, 2.24) is 10.2 Å². The van der Waals surface area contributed by atoms with Crippen LogP contribution in [0, 0.1) is 5.92 Å². The zero-order valence-electron chi connectivity index (χ0n) is 15.0. The van der Waals surface area contributed by atoms with Crippen molar-refractivity contribution in [1.29, 1.82) is 0 Å². The van der Waals surface area contributed by atoms with E-state index in [1.165, 1.54) is 0 Å². The first-order valence-corrected chi connectivity index (χ1v) is 8.91. The number of aliphatic carboxylic acids is 1. The third kappa shape index (κ3) is 6.05. The molecule has 0 aliphatic carbocycles. The van der Waals surface area contributed by atoms with Crippen molar-refractivity contribution in [3.8, 4) is 0 Å². The highest BCUT2D eigenvalue weighted by Gasteiger charge is 2.31. The first-order valence-electron chi connectivity index (χ1n) is 8.91. The Bertz CT molecular complexity index is 562. The number of rotatable bonds is 8. The second kappa shape index (κ2) is 9.42. The molecule has 25 heavy (non-hydrogen) atoms. The molecule has 2 rings (SSSR count). The van der Waals surface area contributed by atoms with Crippen molar-refractivity contribution in [2.75, 3.05) is 13.1 Å². The smallest absolute Gasteiger partial charge is 0.410 e. The van der Waals surface area contributed by atoms with Crippen LogP contribution in [0.25, 0.3) is 0 Å². The van der Waals surface area contributed by atoms with E-state index in [0.717, 1.165) is 18.4 Å². The molecule has 1 fully saturated rings. The minimum atomic E-state index is -0.843. The van der Waals surface area contributed by atoms with Crippen molar-refractivity contribution in [2.45, 2.75) is 51.8 Å². The normalized spacial score (nSPS) is 18.4. The number of nitrogens with one attached hydrogen (secondary N) is 1. The minimum Gasteiger partial charge on any atom is -0.480 e. The van der Waals surface area contributed by atoms with Crippen LogP contribution < -0.4 is 5.32 Å². The standard InChI is InChI=1S/C19H28N2O4/c1-14(2)11-17(18(22)23)20-12-16-9-6-10-21(16)19(24)25-13-15-7-4-3-5-8-15/h3-5,7-8,14,16-17,20H,6,9-13H2,1-2H3,(H,22,23)/t16-,17+/m1/s1. The molecule has 1 aliphatic rings. The summed E-state index contributed by atoms with van der Waals surface area (Å²) in [5.41, 5.74) is 0.951. The Morgan fingerprint density at radius 3 is 2.68 bits per heavy atom. The first kappa shape index (κ1) is 19.2. The molecule has 0 unspecified atom stereocenters. The van der Waals surface area contributed by atoms with Crippen LogP contribution in [0.1, 0.15) is 38.7 Å². The van der Waals surface area contributed by atoms with Gasteiger partial charge in [-0.05, 0) is 30.7 Å². The van der Waals surface area contributed by atoms with Gasteiger partial charge in [-0.15, -0.1) is 0 Å². The molecule has 1 aromatic rings. The summed E-state index contributed by atoms with van der Waals surface area (Å²) in [6.45, 7) is 5.38. The monoisotopic (exact) mass is 348 g/mol. The highest BCUT2D eigenvalue weighted by atomic mass is 16.6. The zero-order valence-corrected chi connectivity index (χ0v) is 15.0. The van der Waals surface area contributed by atoms with E-state index in [0.29, 0.717) is 25.4 Å². The first-order chi connectivity index (χ1) is 12.0. The van der Waals surface area contributed by atoms with Gasteiger partial charge in [-0.25, -0.2) is 4.79 Å². The van der Waals surface area contributed by atoms with E-state index in [1.807, 2.05) is 44.2 Å². The van der Waals surface area contributed by atoms with Crippen molar-refractivity contribution in [3.05, 3.63) is 35.9 Å². The Kier molecular flexibility index (Phi) is 7.25. The van der Waals surface area contributed by atoms with Gasteiger partial charge in [-0.3, -0.25) is 4.79 Å². The molecule has 6 nitrogen and oxygen atoms in total. The summed E-state index contributed by atoms with van der Waals surface area (Å²) in [6.07, 6.45) is 2.01. The maximum absolute atomic E-state index is 12.3. The van der Waals surface area contributed by atoms with Crippen LogP contribution in [0.2, 0.25) is 0 Å². The van der Waals surface area contributed by atoms with Crippen molar-refractivity contribution in [2.24, 2.45) is 5.92 Å². The molecule has 1 saturated heterocycles. The highest BCUT2D eigenvalue weighted by molar-refractivity contribution is 5.73. The number of hydrogen-bond acceptors (Lipinski definition) is 4. The maximum Gasteiger partial charge on any atom is 0.410 e. The molecule has 1 heterocycles. The van der Waals surface area contributed by atoms with Gasteiger partial charge in [-0.2, -0.15) is 0 Å². The third-order valence-electron chi connectivity index (χ3n) is 4.42. The fraction of sp³-hybridized carbons (Fsp3) is 0.579. The van der Waals surface area contributed by atoms with E-state index < -0.39 is 12.0 Å². The van der Waals surface area contributed by atoms with Crippen LogP contribution in [-0.2, 0) is 16.1 Å². The number of amides is 1. The van der Waals surface area contributed by atoms with Crippen molar-refractivity contribution >= 4 is 12.1 Å². The second-order valence-electron chi connectivity index (χ2n) is 6.96. The average molecular weight is 348 g/mol. The summed E-state index contributed by atoms with van der Waals surface area (Å²) in [5.74, 6) is -0.547. The van der Waals surface area contributed by atoms with E-state index in [2.05, 4.69) is 5.32 Å². The molecule has 0 aromatic heterocycles. The Morgan fingerprint density at radius 2 is 2.04 bits per heavy atom. The lowest BCUT2D eigenvalue weighted by Crippen LogP contribution is -2.47. The molecule has 1 aliphatic heterocycles. The van der Waals surface area contributed by atoms with Gasteiger partial charge in [0, 0.05) is 19.1 Å². The number of carbonyl (C=O) groups excluding carboxylic acids is 1. The van der Waals surface area contributed by atoms with Gasteiger partial charge < -0.3 is 20.1 Å². The molecular formula is C19H28N2O4. The third-order valence-corrected chi connectivity index (χ3v) is 4.42. The fourth-order valence-electron chi connectivity index (χ4n) is 3.11. The highest BCUT2D eigenvalue weighted by Crippen LogP contribution is 2.19. The molecule has 2 N–H and O–H groups in total. The minimum absolute atomic E-state index is 0.0164. The van der Waals surface area contributed by atoms with Gasteiger partial charge in [0.05, 0.1) is 0 Å². The van der Waals surface area contributed by atoms with Gasteiger partial charge in [0.25, 0.3) is 0 Å². The van der Waals surface area contributed by atoms with E-state index in [1.54, 1.807) is 4.90 Å². The lowest BCUT2D eigenvalue weighted by atomic mass is 10.0. The van der Waals surface area contributed by atoms with E-state index >= 15 is 0 Å². The summed E-state index contributed by atoms with van der Waals surface area (Å²) >= 11 is 0. The van der Waals surface area contributed by atoms with Gasteiger partial charge in [-0.1, -0.05) is 44.2 Å². The lowest BCUT2D eigenvalue weighted by molar-refractivity contribution is -0.140. The Morgan fingerprint density at radius 1 is 1.32 bits per heavy atom. The number of hydrogen-bond donors (Lipinski definition) is 2. The molecule has 2 atom stereocenters. The number of nitrogens with zero attached hydrogens (tertiary/aromatic N) is 1. The quantitative estimate of drug-likeness (QED) is 0.755. The molecule has 0 saturated carbocycles. The number of ether oxygens (including phenoxy) is 1. The number of carboxylic acids is 1. The van der Waals surface area contributed by atoms with Crippen LogP contribution in [0.5, 0.6) is 0 Å². The molecule has 1 amide bonds. The van der Waals surface area contributed by atoms with Crippen molar-refractivity contribution < 1.29 is 19.4 Å². The second-order valence-corrected chi connectivity index (χ2v) is 6.96. The number of benzene rings is 1. The SMILES string of the molecule is CC(C)C[C@H](NC[C@H]1CCCN1C(=O)OCc1ccccc1)C(=O)O. The van der Waals surface area contributed by atoms with Crippen molar-refractivity contribution in [3.63, 3.8) is 0 Å². The van der Waals surface area contributed by atoms with E-state index in [9.17, 15) is 14.7 Å². The molecule has 0 spiro atoms. The van der Waals surface area contributed by atoms with Gasteiger partial charge >= 0.3 is 12.1 Å². The van der Waals surface area contributed by atoms with Crippen LogP contribution in [-0.4, -0.2) is 47.2 Å². The number of carbonyl (C=O) groups is 2. The summed E-state index contributed by atoms with van der Waals surface area (Å²) in [7, 11) is 0. The Balaban J connectivity index is 1.84. The largest absolute Gasteiger partial charge is 0.480 e. The predicted octanol–water partition coefficient (Wildman–Crippen LogP) is 2.88. The van der Waals surface area contributed by atoms with E-state index in [4.69, 9.17) is 4.74 Å². The topological polar surface area (TPSA) is 78.9 Å². The van der Waals surface area contributed by atoms with Crippen LogP contribution in [0.15, 0.2) is 30.3 Å². The van der Waals surface area contributed by atoms with Crippen LogP contribution in [0.4, 0.5) is 4.79 Å². The van der Waals surface area contributed by atoms with Crippen LogP contribution in [0.3, 0.4) is 0 Å². The zero-order chi connectivity index (χ0) is 18.2. The molecule has 0 radical (unpaired) electrons. The van der Waals surface area contributed by atoms with Gasteiger partial charge in [0.15, 0.2) is 0 Å². The average Bonchev–Trinajstić information content (AvgIpc) is 3.05. The number of carboxylic acid groups (broad SMARTS) is 1.